The van der Waals surface area contributed by atoms with E-state index in [9.17, 15) is 9.59 Å². The summed E-state index contributed by atoms with van der Waals surface area (Å²) in [5, 5.41) is 5.59. The molecule has 2 aliphatic heterocycles. The average Bonchev–Trinajstić information content (AvgIpc) is 2.68. The molecule has 0 bridgehead atoms. The van der Waals surface area contributed by atoms with Crippen LogP contribution in [0.3, 0.4) is 0 Å². The number of benzene rings is 1. The predicted molar refractivity (Wildman–Crippen MR) is 97.6 cm³/mol. The molecule has 1 atom stereocenters. The van der Waals surface area contributed by atoms with E-state index >= 15 is 0 Å². The van der Waals surface area contributed by atoms with E-state index in [0.29, 0.717) is 23.1 Å². The van der Waals surface area contributed by atoms with Gasteiger partial charge < -0.3 is 19.7 Å². The summed E-state index contributed by atoms with van der Waals surface area (Å²) in [5.74, 6) is 1.07. The van der Waals surface area contributed by atoms with Gasteiger partial charge in [0, 0.05) is 19.2 Å². The van der Waals surface area contributed by atoms with Crippen molar-refractivity contribution >= 4 is 23.5 Å². The largest absolute Gasteiger partial charge is 0.497 e. The number of nitrogens with one attached hydrogen (secondary N) is 2. The molecule has 8 nitrogen and oxygen atoms in total. The van der Waals surface area contributed by atoms with Crippen molar-refractivity contribution in [3.05, 3.63) is 18.2 Å². The maximum atomic E-state index is 12.7. The fourth-order valence-electron chi connectivity index (χ4n) is 3.12. The van der Waals surface area contributed by atoms with Crippen molar-refractivity contribution in [2.24, 2.45) is 4.99 Å². The van der Waals surface area contributed by atoms with Crippen molar-refractivity contribution in [2.45, 2.75) is 31.7 Å². The third kappa shape index (κ3) is 4.07. The molecule has 1 fully saturated rings. The Kier molecular flexibility index (Phi) is 5.60. The number of piperidine rings is 1. The predicted octanol–water partition coefficient (Wildman–Crippen LogP) is 1.37. The van der Waals surface area contributed by atoms with E-state index in [2.05, 4.69) is 15.6 Å². The number of carbonyl (C=O) groups is 2. The smallest absolute Gasteiger partial charge is 0.249 e. The molecular weight excluding hydrogens is 336 g/mol. The number of ether oxygens (including phenoxy) is 2. The first kappa shape index (κ1) is 18.0. The van der Waals surface area contributed by atoms with Gasteiger partial charge in [-0.05, 0) is 31.4 Å². The summed E-state index contributed by atoms with van der Waals surface area (Å²) >= 11 is 0. The van der Waals surface area contributed by atoms with E-state index in [1.54, 1.807) is 25.3 Å². The van der Waals surface area contributed by atoms with Crippen LogP contribution in [0.4, 0.5) is 5.69 Å². The van der Waals surface area contributed by atoms with E-state index in [1.165, 1.54) is 13.5 Å². The summed E-state index contributed by atoms with van der Waals surface area (Å²) in [4.78, 5) is 31.3. The van der Waals surface area contributed by atoms with E-state index in [4.69, 9.17) is 9.47 Å². The van der Waals surface area contributed by atoms with Crippen molar-refractivity contribution in [2.75, 3.05) is 32.6 Å². The van der Waals surface area contributed by atoms with Crippen LogP contribution < -0.4 is 20.1 Å². The Bertz CT molecular complexity index is 713. The third-order valence-electron chi connectivity index (χ3n) is 4.53. The minimum absolute atomic E-state index is 0.0233. The molecular formula is C18H24N4O4. The van der Waals surface area contributed by atoms with Gasteiger partial charge in [-0.15, -0.1) is 0 Å². The Labute approximate surface area is 152 Å². The molecule has 0 saturated carbocycles. The van der Waals surface area contributed by atoms with E-state index < -0.39 is 6.04 Å². The summed E-state index contributed by atoms with van der Waals surface area (Å²) in [7, 11) is 3.08. The first-order valence-corrected chi connectivity index (χ1v) is 8.76. The molecule has 2 N–H and O–H groups in total. The monoisotopic (exact) mass is 360 g/mol. The van der Waals surface area contributed by atoms with Crippen LogP contribution in [0.5, 0.6) is 11.5 Å². The second-order valence-corrected chi connectivity index (χ2v) is 6.32. The number of methoxy groups -OCH3 is 2. The van der Waals surface area contributed by atoms with Crippen LogP contribution in [-0.2, 0) is 9.59 Å². The summed E-state index contributed by atoms with van der Waals surface area (Å²) < 4.78 is 10.5. The van der Waals surface area contributed by atoms with Crippen molar-refractivity contribution in [1.29, 1.82) is 0 Å². The Morgan fingerprint density at radius 1 is 1.23 bits per heavy atom. The Morgan fingerprint density at radius 3 is 2.69 bits per heavy atom. The Morgan fingerprint density at radius 2 is 2.00 bits per heavy atom. The minimum atomic E-state index is -0.767. The van der Waals surface area contributed by atoms with Gasteiger partial charge in [0.2, 0.25) is 17.8 Å². The van der Waals surface area contributed by atoms with Crippen LogP contribution in [0, 0.1) is 0 Å². The summed E-state index contributed by atoms with van der Waals surface area (Å²) in [6.07, 6.45) is 3.33. The Hall–Kier alpha value is -2.77. The van der Waals surface area contributed by atoms with Gasteiger partial charge in [0.15, 0.2) is 0 Å². The maximum Gasteiger partial charge on any atom is 0.249 e. The molecule has 0 aliphatic carbocycles. The zero-order valence-corrected chi connectivity index (χ0v) is 15.1. The fourth-order valence-corrected chi connectivity index (χ4v) is 3.12. The number of rotatable bonds is 4. The van der Waals surface area contributed by atoms with Gasteiger partial charge in [0.05, 0.1) is 26.3 Å². The summed E-state index contributed by atoms with van der Waals surface area (Å²) in [6.45, 7) is 1.69. The molecule has 2 amide bonds. The minimum Gasteiger partial charge on any atom is -0.497 e. The highest BCUT2D eigenvalue weighted by atomic mass is 16.5. The standard InChI is InChI=1S/C18H24N4O4/c1-25-12-6-7-15(26-2)13(10-12)19-17(24)14-11-16(23)21-18(20-14)22-8-4-3-5-9-22/h6-7,10,14H,3-5,8-9,11H2,1-2H3,(H,19,24)(H,20,21,23)/t14-/m0/s1. The van der Waals surface area contributed by atoms with E-state index in [1.807, 2.05) is 4.90 Å². The fraction of sp³-hybridized carbons (Fsp3) is 0.500. The highest BCUT2D eigenvalue weighted by Gasteiger charge is 2.30. The number of hydrogen-bond acceptors (Lipinski definition) is 6. The van der Waals surface area contributed by atoms with Crippen LogP contribution in [0.1, 0.15) is 25.7 Å². The molecule has 0 radical (unpaired) electrons. The summed E-state index contributed by atoms with van der Waals surface area (Å²) in [6, 6.07) is 4.37. The van der Waals surface area contributed by atoms with Gasteiger partial charge in [-0.2, -0.15) is 0 Å². The number of carbonyl (C=O) groups excluding carboxylic acids is 2. The maximum absolute atomic E-state index is 12.7. The molecule has 26 heavy (non-hydrogen) atoms. The Balaban J connectivity index is 1.77. The van der Waals surface area contributed by atoms with Crippen LogP contribution in [0.2, 0.25) is 0 Å². The van der Waals surface area contributed by atoms with Gasteiger partial charge in [-0.25, -0.2) is 4.99 Å². The van der Waals surface area contributed by atoms with Crippen LogP contribution in [0.25, 0.3) is 0 Å². The van der Waals surface area contributed by atoms with Gasteiger partial charge in [0.1, 0.15) is 17.5 Å². The molecule has 2 heterocycles. The molecule has 3 rings (SSSR count). The second-order valence-electron chi connectivity index (χ2n) is 6.32. The third-order valence-corrected chi connectivity index (χ3v) is 4.53. The molecule has 1 saturated heterocycles. The molecule has 0 unspecified atom stereocenters. The molecule has 2 aliphatic rings. The average molecular weight is 360 g/mol. The first-order chi connectivity index (χ1) is 12.6. The topological polar surface area (TPSA) is 92.3 Å². The van der Waals surface area contributed by atoms with Crippen molar-refractivity contribution in [3.63, 3.8) is 0 Å². The zero-order valence-electron chi connectivity index (χ0n) is 15.1. The molecule has 0 spiro atoms. The van der Waals surface area contributed by atoms with Crippen LogP contribution in [0.15, 0.2) is 23.2 Å². The number of amides is 2. The van der Waals surface area contributed by atoms with Gasteiger partial charge in [-0.1, -0.05) is 0 Å². The van der Waals surface area contributed by atoms with Gasteiger partial charge in [-0.3, -0.25) is 14.9 Å². The van der Waals surface area contributed by atoms with Gasteiger partial charge in [0.25, 0.3) is 0 Å². The quantitative estimate of drug-likeness (QED) is 0.846. The SMILES string of the molecule is COc1ccc(OC)c(NC(=O)[C@@H]2CC(=O)NC(N3CCCCC3)=N2)c1. The second kappa shape index (κ2) is 8.07. The molecule has 1 aromatic carbocycles. The lowest BCUT2D eigenvalue weighted by atomic mass is 10.1. The van der Waals surface area contributed by atoms with Crippen LogP contribution >= 0.6 is 0 Å². The number of hydrogen-bond donors (Lipinski definition) is 2. The highest BCUT2D eigenvalue weighted by molar-refractivity contribution is 6.06. The number of anilines is 1. The van der Waals surface area contributed by atoms with Crippen molar-refractivity contribution in [1.82, 2.24) is 10.2 Å². The van der Waals surface area contributed by atoms with E-state index in [0.717, 1.165) is 25.9 Å². The molecule has 1 aromatic rings. The van der Waals surface area contributed by atoms with Crippen LogP contribution in [-0.4, -0.2) is 56.0 Å². The molecule has 140 valence electrons. The molecule has 0 aromatic heterocycles. The number of nitrogens with zero attached hydrogens (tertiary/aromatic N) is 2. The van der Waals surface area contributed by atoms with Gasteiger partial charge >= 0.3 is 0 Å². The molecule has 8 heteroatoms. The normalized spacial score (nSPS) is 20.1. The van der Waals surface area contributed by atoms with Crippen molar-refractivity contribution in [3.8, 4) is 11.5 Å². The zero-order chi connectivity index (χ0) is 18.5. The number of aliphatic imine (C=N–C) groups is 1. The highest BCUT2D eigenvalue weighted by Crippen LogP contribution is 2.29. The lowest BCUT2D eigenvalue weighted by molar-refractivity contribution is -0.125. The lowest BCUT2D eigenvalue weighted by Gasteiger charge is -2.32. The lowest BCUT2D eigenvalue weighted by Crippen LogP contribution is -2.51. The van der Waals surface area contributed by atoms with E-state index in [-0.39, 0.29) is 18.2 Å². The summed E-state index contributed by atoms with van der Waals surface area (Å²) in [5.41, 5.74) is 0.484. The first-order valence-electron chi connectivity index (χ1n) is 8.76. The number of guanidine groups is 1. The number of likely N-dealkylation sites (tertiary alicyclic amines) is 1. The van der Waals surface area contributed by atoms with Crippen molar-refractivity contribution < 1.29 is 19.1 Å².